The largest absolute Gasteiger partial charge is 0.493 e. The summed E-state index contributed by atoms with van der Waals surface area (Å²) in [6, 6.07) is 12.8. The molecule has 2 aromatic carbocycles. The summed E-state index contributed by atoms with van der Waals surface area (Å²) in [7, 11) is 3.17. The van der Waals surface area contributed by atoms with E-state index in [2.05, 4.69) is 10.1 Å². The van der Waals surface area contributed by atoms with Crippen molar-refractivity contribution < 1.29 is 18.8 Å². The second-order valence-electron chi connectivity index (χ2n) is 7.05. The molecule has 0 radical (unpaired) electrons. The van der Waals surface area contributed by atoms with Crippen molar-refractivity contribution in [3.8, 4) is 22.9 Å². The highest BCUT2D eigenvalue weighted by molar-refractivity contribution is 5.94. The van der Waals surface area contributed by atoms with Gasteiger partial charge in [-0.25, -0.2) is 0 Å². The Morgan fingerprint density at radius 1 is 1.10 bits per heavy atom. The maximum absolute atomic E-state index is 13.0. The number of nitrogens with zero attached hydrogens (tertiary/aromatic N) is 3. The van der Waals surface area contributed by atoms with Gasteiger partial charge in [-0.2, -0.15) is 4.98 Å². The normalized spacial score (nSPS) is 16.1. The van der Waals surface area contributed by atoms with Gasteiger partial charge in [0.2, 0.25) is 11.7 Å². The summed E-state index contributed by atoms with van der Waals surface area (Å²) in [6.07, 6.45) is 1.70. The van der Waals surface area contributed by atoms with Crippen LogP contribution in [0.1, 0.15) is 40.7 Å². The lowest BCUT2D eigenvalue weighted by atomic mass is 10.1. The molecule has 1 unspecified atom stereocenters. The first-order valence-corrected chi connectivity index (χ1v) is 9.54. The number of hydrogen-bond donors (Lipinski definition) is 0. The van der Waals surface area contributed by atoms with Crippen LogP contribution in [0.15, 0.2) is 47.0 Å². The van der Waals surface area contributed by atoms with Crippen LogP contribution >= 0.6 is 0 Å². The molecular formula is C22H23N3O4. The van der Waals surface area contributed by atoms with Crippen LogP contribution in [-0.2, 0) is 0 Å². The standard InChI is InChI=1S/C22H23N3O4/c1-14-6-8-15(9-7-14)22(26)25-12-4-5-17(25)21-23-20(24-29-21)16-10-11-18(27-2)19(13-16)28-3/h6-11,13,17H,4-5,12H2,1-3H3. The van der Waals surface area contributed by atoms with Crippen molar-refractivity contribution in [3.05, 3.63) is 59.5 Å². The fourth-order valence-electron chi connectivity index (χ4n) is 3.59. The summed E-state index contributed by atoms with van der Waals surface area (Å²) in [5.74, 6) is 2.11. The topological polar surface area (TPSA) is 77.7 Å². The Labute approximate surface area is 169 Å². The van der Waals surface area contributed by atoms with Crippen LogP contribution in [-0.4, -0.2) is 41.7 Å². The molecule has 1 fully saturated rings. The van der Waals surface area contributed by atoms with E-state index in [1.807, 2.05) is 42.2 Å². The predicted molar refractivity (Wildman–Crippen MR) is 107 cm³/mol. The Kier molecular flexibility index (Phi) is 5.20. The van der Waals surface area contributed by atoms with E-state index in [-0.39, 0.29) is 11.9 Å². The number of methoxy groups -OCH3 is 2. The second-order valence-corrected chi connectivity index (χ2v) is 7.05. The van der Waals surface area contributed by atoms with Crippen LogP contribution in [0.2, 0.25) is 0 Å². The van der Waals surface area contributed by atoms with Gasteiger partial charge in [0, 0.05) is 17.7 Å². The zero-order chi connectivity index (χ0) is 20.4. The lowest BCUT2D eigenvalue weighted by Gasteiger charge is -2.22. The van der Waals surface area contributed by atoms with E-state index >= 15 is 0 Å². The number of amides is 1. The van der Waals surface area contributed by atoms with Gasteiger partial charge in [0.25, 0.3) is 5.91 Å². The number of carbonyl (C=O) groups excluding carboxylic acids is 1. The number of aromatic nitrogens is 2. The highest BCUT2D eigenvalue weighted by atomic mass is 16.5. The molecule has 0 spiro atoms. The molecule has 1 saturated heterocycles. The fraction of sp³-hybridized carbons (Fsp3) is 0.318. The summed E-state index contributed by atoms with van der Waals surface area (Å²) in [5, 5.41) is 4.12. The number of aryl methyl sites for hydroxylation is 1. The van der Waals surface area contributed by atoms with Crippen LogP contribution in [0.3, 0.4) is 0 Å². The first kappa shape index (κ1) is 19.0. The van der Waals surface area contributed by atoms with Crippen molar-refractivity contribution in [2.24, 2.45) is 0 Å². The number of likely N-dealkylation sites (tertiary alicyclic amines) is 1. The van der Waals surface area contributed by atoms with E-state index in [0.29, 0.717) is 35.3 Å². The average molecular weight is 393 g/mol. The highest BCUT2D eigenvalue weighted by Crippen LogP contribution is 2.35. The molecule has 0 N–H and O–H groups in total. The highest BCUT2D eigenvalue weighted by Gasteiger charge is 2.34. The Bertz CT molecular complexity index is 1010. The molecule has 3 aromatic rings. The maximum Gasteiger partial charge on any atom is 0.254 e. The van der Waals surface area contributed by atoms with Gasteiger partial charge in [-0.3, -0.25) is 4.79 Å². The van der Waals surface area contributed by atoms with Crippen molar-refractivity contribution in [2.75, 3.05) is 20.8 Å². The molecule has 29 heavy (non-hydrogen) atoms. The van der Waals surface area contributed by atoms with Gasteiger partial charge in [0.15, 0.2) is 11.5 Å². The summed E-state index contributed by atoms with van der Waals surface area (Å²) in [5.41, 5.74) is 2.55. The molecule has 0 bridgehead atoms. The predicted octanol–water partition coefficient (Wildman–Crippen LogP) is 4.04. The summed E-state index contributed by atoms with van der Waals surface area (Å²) < 4.78 is 16.2. The van der Waals surface area contributed by atoms with E-state index < -0.39 is 0 Å². The van der Waals surface area contributed by atoms with Gasteiger partial charge >= 0.3 is 0 Å². The third-order valence-electron chi connectivity index (χ3n) is 5.18. The number of ether oxygens (including phenoxy) is 2. The molecule has 4 rings (SSSR count). The minimum Gasteiger partial charge on any atom is -0.493 e. The smallest absolute Gasteiger partial charge is 0.254 e. The molecule has 1 aliphatic rings. The van der Waals surface area contributed by atoms with Crippen molar-refractivity contribution >= 4 is 5.91 Å². The average Bonchev–Trinajstić information content (AvgIpc) is 3.42. The monoisotopic (exact) mass is 393 g/mol. The molecule has 150 valence electrons. The zero-order valence-electron chi connectivity index (χ0n) is 16.7. The van der Waals surface area contributed by atoms with Crippen LogP contribution in [0, 0.1) is 6.92 Å². The Morgan fingerprint density at radius 3 is 2.59 bits per heavy atom. The lowest BCUT2D eigenvalue weighted by molar-refractivity contribution is 0.0710. The van der Waals surface area contributed by atoms with Crippen molar-refractivity contribution in [1.29, 1.82) is 0 Å². The second kappa shape index (κ2) is 7.95. The minimum atomic E-state index is -0.217. The molecule has 7 heteroatoms. The van der Waals surface area contributed by atoms with E-state index in [1.165, 1.54) is 0 Å². The Hall–Kier alpha value is -3.35. The van der Waals surface area contributed by atoms with Gasteiger partial charge in [-0.1, -0.05) is 22.9 Å². The van der Waals surface area contributed by atoms with Gasteiger partial charge < -0.3 is 18.9 Å². The van der Waals surface area contributed by atoms with Gasteiger partial charge in [0.05, 0.1) is 14.2 Å². The van der Waals surface area contributed by atoms with Crippen molar-refractivity contribution in [3.63, 3.8) is 0 Å². The number of hydrogen-bond acceptors (Lipinski definition) is 6. The molecule has 1 aliphatic heterocycles. The Balaban J connectivity index is 1.58. The molecule has 1 aromatic heterocycles. The van der Waals surface area contributed by atoms with Gasteiger partial charge in [-0.05, 0) is 50.1 Å². The third kappa shape index (κ3) is 3.68. The van der Waals surface area contributed by atoms with E-state index in [9.17, 15) is 4.79 Å². The van der Waals surface area contributed by atoms with Crippen LogP contribution in [0.4, 0.5) is 0 Å². The van der Waals surface area contributed by atoms with Crippen LogP contribution in [0.5, 0.6) is 11.5 Å². The van der Waals surface area contributed by atoms with Crippen LogP contribution in [0.25, 0.3) is 11.4 Å². The third-order valence-corrected chi connectivity index (χ3v) is 5.18. The number of benzene rings is 2. The summed E-state index contributed by atoms with van der Waals surface area (Å²) in [4.78, 5) is 19.4. The van der Waals surface area contributed by atoms with Crippen molar-refractivity contribution in [2.45, 2.75) is 25.8 Å². The van der Waals surface area contributed by atoms with E-state index in [4.69, 9.17) is 14.0 Å². The SMILES string of the molecule is COc1ccc(-c2noc(C3CCCN3C(=O)c3ccc(C)cc3)n2)cc1OC. The maximum atomic E-state index is 13.0. The van der Waals surface area contributed by atoms with E-state index in [1.54, 1.807) is 26.4 Å². The molecule has 0 saturated carbocycles. The van der Waals surface area contributed by atoms with Gasteiger partial charge in [0.1, 0.15) is 6.04 Å². The molecule has 0 aliphatic carbocycles. The van der Waals surface area contributed by atoms with Crippen LogP contribution < -0.4 is 9.47 Å². The first-order valence-electron chi connectivity index (χ1n) is 9.54. The minimum absolute atomic E-state index is 0.0154. The molecule has 1 atom stereocenters. The first-order chi connectivity index (χ1) is 14.1. The number of carbonyl (C=O) groups is 1. The summed E-state index contributed by atoms with van der Waals surface area (Å²) in [6.45, 7) is 2.67. The fourth-order valence-corrected chi connectivity index (χ4v) is 3.59. The Morgan fingerprint density at radius 2 is 1.86 bits per heavy atom. The summed E-state index contributed by atoms with van der Waals surface area (Å²) >= 11 is 0. The molecule has 1 amide bonds. The van der Waals surface area contributed by atoms with Gasteiger partial charge in [-0.15, -0.1) is 0 Å². The lowest BCUT2D eigenvalue weighted by Crippen LogP contribution is -2.30. The molecular weight excluding hydrogens is 370 g/mol. The number of rotatable bonds is 5. The quantitative estimate of drug-likeness (QED) is 0.651. The zero-order valence-corrected chi connectivity index (χ0v) is 16.7. The van der Waals surface area contributed by atoms with E-state index in [0.717, 1.165) is 24.0 Å². The molecule has 2 heterocycles. The van der Waals surface area contributed by atoms with Crippen molar-refractivity contribution in [1.82, 2.24) is 15.0 Å². The molecule has 7 nitrogen and oxygen atoms in total.